The summed E-state index contributed by atoms with van der Waals surface area (Å²) >= 11 is 0. The fourth-order valence-corrected chi connectivity index (χ4v) is 21.8. The molecule has 139 heavy (non-hydrogen) atoms. The number of hydrogen-bond donors (Lipinski definition) is 0. The summed E-state index contributed by atoms with van der Waals surface area (Å²) in [6, 6.07) is 136. The minimum atomic E-state index is -0.0729. The Morgan fingerprint density at radius 3 is 0.777 bits per heavy atom. The van der Waals surface area contributed by atoms with Gasteiger partial charge in [0.05, 0.1) is 171 Å². The van der Waals surface area contributed by atoms with E-state index in [1.54, 1.807) is 0 Å². The van der Waals surface area contributed by atoms with Crippen molar-refractivity contribution in [3.05, 3.63) is 439 Å². The summed E-state index contributed by atoms with van der Waals surface area (Å²) < 4.78 is 32.5. The number of hydrogen-bond acceptors (Lipinski definition) is 6. The van der Waals surface area contributed by atoms with Crippen molar-refractivity contribution in [1.29, 1.82) is 15.8 Å². The lowest BCUT2D eigenvalue weighted by atomic mass is 9.86. The summed E-state index contributed by atoms with van der Waals surface area (Å²) in [4.78, 5) is 12.6. The van der Waals surface area contributed by atoms with Gasteiger partial charge in [0.25, 0.3) is 0 Å². The van der Waals surface area contributed by atoms with Crippen LogP contribution in [-0.4, -0.2) is 27.4 Å². The molecule has 0 aliphatic rings. The number of aromatic nitrogens is 6. The zero-order valence-electron chi connectivity index (χ0n) is 75.0. The summed E-state index contributed by atoms with van der Waals surface area (Å²) in [7, 11) is 0. The molecule has 15 nitrogen and oxygen atoms in total. The van der Waals surface area contributed by atoms with E-state index < -0.39 is 0 Å². The van der Waals surface area contributed by atoms with Gasteiger partial charge in [0, 0.05) is 80.8 Å². The molecule has 0 aliphatic heterocycles. The van der Waals surface area contributed by atoms with Crippen LogP contribution >= 0.6 is 0 Å². The van der Waals surface area contributed by atoms with Gasteiger partial charge in [-0.25, -0.2) is 14.5 Å². The Morgan fingerprint density at radius 1 is 0.223 bits per heavy atom. The quantitative estimate of drug-likeness (QED) is 0.145. The van der Waals surface area contributed by atoms with Gasteiger partial charge in [0.1, 0.15) is 33.5 Å². The van der Waals surface area contributed by atoms with E-state index in [4.69, 9.17) is 33.0 Å². The highest BCUT2D eigenvalue weighted by Crippen LogP contribution is 2.52. The molecular weight excluding hydrogens is 1710 g/mol. The van der Waals surface area contributed by atoms with Crippen molar-refractivity contribution in [1.82, 2.24) is 27.4 Å². The maximum atomic E-state index is 10.4. The smallest absolute Gasteiger partial charge is 0.234 e. The van der Waals surface area contributed by atoms with Gasteiger partial charge < -0.3 is 40.7 Å². The molecule has 0 radical (unpaired) electrons. The van der Waals surface area contributed by atoms with E-state index in [2.05, 4.69) is 269 Å². The zero-order chi connectivity index (χ0) is 93.3. The lowest BCUT2D eigenvalue weighted by Gasteiger charge is -2.19. The van der Waals surface area contributed by atoms with Gasteiger partial charge in [-0.05, 0) is 180 Å². The van der Waals surface area contributed by atoms with Crippen LogP contribution in [0.3, 0.4) is 0 Å². The van der Waals surface area contributed by atoms with Crippen LogP contribution in [0, 0.1) is 53.7 Å². The van der Waals surface area contributed by atoms with Gasteiger partial charge in [-0.3, -0.25) is 0 Å². The largest absolute Gasteiger partial charge is 0.455 e. The second-order valence-corrected chi connectivity index (χ2v) is 36.3. The molecular formula is C124H72N12O3. The Hall–Kier alpha value is -19.7. The molecule has 0 saturated heterocycles. The van der Waals surface area contributed by atoms with Crippen LogP contribution in [-0.2, 0) is 5.41 Å². The molecule has 19 aromatic carbocycles. The van der Waals surface area contributed by atoms with Gasteiger partial charge in [0.2, 0.25) is 17.1 Å². The fraction of sp³-hybridized carbons (Fsp3) is 0.0323. The van der Waals surface area contributed by atoms with Crippen molar-refractivity contribution in [3.63, 3.8) is 0 Å². The number of furan rings is 3. The topological polar surface area (TPSA) is 153 Å². The first-order valence-electron chi connectivity index (χ1n) is 45.9. The average molecular weight is 1780 g/mol. The lowest BCUT2D eigenvalue weighted by molar-refractivity contribution is 0.591. The predicted molar refractivity (Wildman–Crippen MR) is 564 cm³/mol. The molecule has 0 bridgehead atoms. The van der Waals surface area contributed by atoms with E-state index in [0.717, 1.165) is 208 Å². The first-order valence-corrected chi connectivity index (χ1v) is 45.9. The Kier molecular flexibility index (Phi) is 17.9. The van der Waals surface area contributed by atoms with E-state index in [9.17, 15) is 15.8 Å². The Morgan fingerprint density at radius 2 is 0.468 bits per heavy atom. The summed E-state index contributed by atoms with van der Waals surface area (Å²) in [6.07, 6.45) is 0. The number of rotatable bonds is 7. The van der Waals surface area contributed by atoms with Gasteiger partial charge in [-0.1, -0.05) is 245 Å². The average Bonchev–Trinajstić information content (AvgIpc) is 1.56. The standard InChI is InChI=1S/C44H24N4O.C42H28N4O.C38H20N4O/c1-46-43-39(47-35-16-8-5-13-30(35)31-14-6-9-17-36(31)47)23-27(26-45)24-40(43)48-37-21-19-29(28-11-3-2-4-12-28)25-34(37)42-38(48)22-20-33-32-15-7-10-18-41(32)49-44(33)42;1-42(2,3)26-17-19-34-31(23-26)39-35(20-18-30-29-13-7-10-16-38(29)47-41(30)39)46(34)37-22-25(24-43)21-36(40(37)44-4)45-32-14-8-5-11-27(32)28-12-6-9-15-33(28)45;1-40-37-33(41-29-14-6-2-10-24(29)25-11-3-7-15-30(25)41)20-23(22-39)21-34(37)42-31-16-8-4-13-28(31)36-32(42)19-18-27-26-12-5-9-17-35(26)43-38(27)36/h2-25H;5-23H,1-3H3;2-21H. The number of para-hydroxylation sites is 10. The minimum absolute atomic E-state index is 0.0729. The highest BCUT2D eigenvalue weighted by molar-refractivity contribution is 6.28. The molecule has 0 N–H and O–H groups in total. The Balaban J connectivity index is 0.000000108. The summed E-state index contributed by atoms with van der Waals surface area (Å²) in [5.74, 6) is 0. The molecule has 28 aromatic rings. The zero-order valence-corrected chi connectivity index (χ0v) is 75.0. The normalized spacial score (nSPS) is 11.8. The minimum Gasteiger partial charge on any atom is -0.455 e. The summed E-state index contributed by atoms with van der Waals surface area (Å²) in [6.45, 7) is 32.4. The monoisotopic (exact) mass is 1780 g/mol. The van der Waals surface area contributed by atoms with Crippen LogP contribution in [0.5, 0.6) is 0 Å². The Labute approximate surface area is 793 Å². The van der Waals surface area contributed by atoms with Gasteiger partial charge in [-0.2, -0.15) is 15.8 Å². The number of nitriles is 3. The third kappa shape index (κ3) is 12.0. The van der Waals surface area contributed by atoms with Gasteiger partial charge in [0.15, 0.2) is 0 Å². The van der Waals surface area contributed by atoms with E-state index >= 15 is 0 Å². The van der Waals surface area contributed by atoms with E-state index in [-0.39, 0.29) is 5.41 Å². The Bertz CT molecular complexity index is 10400. The van der Waals surface area contributed by atoms with Crippen LogP contribution in [0.15, 0.2) is 395 Å². The molecule has 0 saturated carbocycles. The second-order valence-electron chi connectivity index (χ2n) is 36.3. The van der Waals surface area contributed by atoms with E-state index in [1.165, 1.54) is 5.56 Å². The van der Waals surface area contributed by atoms with Crippen LogP contribution in [0.1, 0.15) is 43.0 Å². The van der Waals surface area contributed by atoms with Crippen molar-refractivity contribution < 1.29 is 13.3 Å². The predicted octanol–water partition coefficient (Wildman–Crippen LogP) is 33.6. The molecule has 9 aromatic heterocycles. The summed E-state index contributed by atoms with van der Waals surface area (Å²) in [5, 5.41) is 50.0. The molecule has 0 amide bonds. The summed E-state index contributed by atoms with van der Waals surface area (Å²) in [5.41, 5.74) is 26.6. The maximum absolute atomic E-state index is 10.4. The molecule has 0 fully saturated rings. The van der Waals surface area contributed by atoms with E-state index in [1.807, 2.05) is 194 Å². The van der Waals surface area contributed by atoms with Gasteiger partial charge >= 0.3 is 0 Å². The molecule has 646 valence electrons. The van der Waals surface area contributed by atoms with Crippen LogP contribution in [0.2, 0.25) is 0 Å². The van der Waals surface area contributed by atoms with Crippen molar-refractivity contribution in [2.45, 2.75) is 26.2 Å². The van der Waals surface area contributed by atoms with E-state index in [0.29, 0.717) is 67.9 Å². The van der Waals surface area contributed by atoms with Crippen LogP contribution < -0.4 is 0 Å². The maximum Gasteiger partial charge on any atom is 0.234 e. The lowest BCUT2D eigenvalue weighted by Crippen LogP contribution is -2.10. The van der Waals surface area contributed by atoms with Crippen molar-refractivity contribution in [3.8, 4) is 63.5 Å². The third-order valence-electron chi connectivity index (χ3n) is 27.8. The number of fused-ring (bicyclic) bond motifs is 30. The van der Waals surface area contributed by atoms with Crippen molar-refractivity contribution in [2.75, 3.05) is 0 Å². The molecule has 0 spiro atoms. The molecule has 0 unspecified atom stereocenters. The van der Waals surface area contributed by atoms with Gasteiger partial charge in [-0.15, -0.1) is 0 Å². The van der Waals surface area contributed by atoms with Crippen molar-refractivity contribution in [2.24, 2.45) is 0 Å². The molecule has 9 heterocycles. The number of benzene rings is 19. The first-order chi connectivity index (χ1) is 68.4. The molecule has 28 rings (SSSR count). The van der Waals surface area contributed by atoms with Crippen LogP contribution in [0.4, 0.5) is 17.1 Å². The highest BCUT2D eigenvalue weighted by Gasteiger charge is 2.31. The number of nitrogens with zero attached hydrogens (tertiary/aromatic N) is 12. The molecule has 15 heteroatoms. The first kappa shape index (κ1) is 80.2. The highest BCUT2D eigenvalue weighted by atomic mass is 16.3. The second kappa shape index (κ2) is 31.0. The molecule has 0 aliphatic carbocycles. The van der Waals surface area contributed by atoms with Crippen molar-refractivity contribution >= 4 is 214 Å². The fourth-order valence-electron chi connectivity index (χ4n) is 21.8. The SMILES string of the molecule is [C-]#[N+]c1c(-n2c3ccccc3c3ccccc32)cc(C#N)cc1-n1c2ccc(-c3ccccc3)cc2c2c3oc4ccccc4c3ccc21.[C-]#[N+]c1c(-n2c3ccccc3c3ccccc32)cc(C#N)cc1-n1c2ccc(C(C)(C)C)cc2c2c3oc4ccccc4c3ccc21.[C-]#[N+]c1c(-n2c3ccccc3c3ccccc32)cc(C#N)cc1-n1c2ccccc2c2c3oc4ccccc4c3ccc21. The molecule has 0 atom stereocenters. The van der Waals surface area contributed by atoms with Crippen LogP contribution in [0.25, 0.3) is 256 Å². The third-order valence-corrected chi connectivity index (χ3v) is 27.8.